The van der Waals surface area contributed by atoms with Crippen LogP contribution in [0.5, 0.6) is 0 Å². The minimum absolute atomic E-state index is 0.0584. The summed E-state index contributed by atoms with van der Waals surface area (Å²) in [5.74, 6) is -1.48. The summed E-state index contributed by atoms with van der Waals surface area (Å²) >= 11 is 11.9. The second kappa shape index (κ2) is 7.14. The molecule has 4 nitrogen and oxygen atoms in total. The zero-order valence-corrected chi connectivity index (χ0v) is 13.0. The summed E-state index contributed by atoms with van der Waals surface area (Å²) in [6, 6.07) is 2.90. The maximum atomic E-state index is 12.4. The van der Waals surface area contributed by atoms with Crippen molar-refractivity contribution >= 4 is 40.8 Å². The predicted molar refractivity (Wildman–Crippen MR) is 83.2 cm³/mol. The lowest BCUT2D eigenvalue weighted by Gasteiger charge is -2.17. The first-order valence-electron chi connectivity index (χ1n) is 7.03. The zero-order valence-electron chi connectivity index (χ0n) is 11.5. The standard InChI is InChI=1S/C15H17Cl2NO3/c16-10-7-8-11(17)13(12(10)15(20)21)18-14(19)9-5-3-1-2-4-6-9/h7-9H,1-6H2,(H,18,19)(H,20,21). The van der Waals surface area contributed by atoms with Crippen molar-refractivity contribution in [2.75, 3.05) is 5.32 Å². The van der Waals surface area contributed by atoms with E-state index in [0.29, 0.717) is 0 Å². The van der Waals surface area contributed by atoms with Gasteiger partial charge in [0.25, 0.3) is 0 Å². The summed E-state index contributed by atoms with van der Waals surface area (Å²) in [6.45, 7) is 0. The third-order valence-corrected chi connectivity index (χ3v) is 4.42. The summed E-state index contributed by atoms with van der Waals surface area (Å²) in [6.07, 6.45) is 5.98. The van der Waals surface area contributed by atoms with Gasteiger partial charge in [0, 0.05) is 5.92 Å². The number of hydrogen-bond donors (Lipinski definition) is 2. The van der Waals surface area contributed by atoms with Gasteiger partial charge in [-0.1, -0.05) is 48.9 Å². The van der Waals surface area contributed by atoms with Crippen molar-refractivity contribution in [3.05, 3.63) is 27.7 Å². The number of carbonyl (C=O) groups excluding carboxylic acids is 1. The first kappa shape index (κ1) is 16.1. The lowest BCUT2D eigenvalue weighted by atomic mass is 9.99. The van der Waals surface area contributed by atoms with Crippen LogP contribution >= 0.6 is 23.2 Å². The van der Waals surface area contributed by atoms with Crippen LogP contribution in [0.4, 0.5) is 5.69 Å². The second-order valence-corrected chi connectivity index (χ2v) is 6.08. The number of benzene rings is 1. The van der Waals surface area contributed by atoms with Gasteiger partial charge in [0.05, 0.1) is 15.7 Å². The first-order chi connectivity index (χ1) is 10.0. The smallest absolute Gasteiger partial charge is 0.339 e. The van der Waals surface area contributed by atoms with E-state index >= 15 is 0 Å². The molecule has 6 heteroatoms. The van der Waals surface area contributed by atoms with E-state index in [4.69, 9.17) is 23.2 Å². The van der Waals surface area contributed by atoms with E-state index in [9.17, 15) is 14.7 Å². The molecule has 0 unspecified atom stereocenters. The first-order valence-corrected chi connectivity index (χ1v) is 7.78. The number of hydrogen-bond acceptors (Lipinski definition) is 2. The lowest BCUT2D eigenvalue weighted by molar-refractivity contribution is -0.120. The number of carbonyl (C=O) groups is 2. The fourth-order valence-corrected chi connectivity index (χ4v) is 3.09. The third kappa shape index (κ3) is 3.89. The van der Waals surface area contributed by atoms with Crippen LogP contribution in [0.3, 0.4) is 0 Å². The Morgan fingerprint density at radius 3 is 2.19 bits per heavy atom. The van der Waals surface area contributed by atoms with Crippen molar-refractivity contribution in [3.63, 3.8) is 0 Å². The van der Waals surface area contributed by atoms with Gasteiger partial charge < -0.3 is 10.4 Å². The second-order valence-electron chi connectivity index (χ2n) is 5.26. The highest BCUT2D eigenvalue weighted by Gasteiger charge is 2.24. The Morgan fingerprint density at radius 1 is 1.05 bits per heavy atom. The molecule has 0 aromatic heterocycles. The Hall–Kier alpha value is -1.26. The molecule has 1 aliphatic carbocycles. The maximum Gasteiger partial charge on any atom is 0.339 e. The average molecular weight is 330 g/mol. The molecule has 1 aromatic rings. The number of rotatable bonds is 3. The highest BCUT2D eigenvalue weighted by molar-refractivity contribution is 6.38. The van der Waals surface area contributed by atoms with Crippen LogP contribution in [0, 0.1) is 5.92 Å². The van der Waals surface area contributed by atoms with Crippen LogP contribution in [-0.4, -0.2) is 17.0 Å². The molecule has 0 bridgehead atoms. The summed E-state index contributed by atoms with van der Waals surface area (Å²) in [4.78, 5) is 23.7. The monoisotopic (exact) mass is 329 g/mol. The normalized spacial score (nSPS) is 16.3. The average Bonchev–Trinajstić information content (AvgIpc) is 2.71. The van der Waals surface area contributed by atoms with Crippen molar-refractivity contribution in [2.45, 2.75) is 38.5 Å². The molecule has 0 spiro atoms. The van der Waals surface area contributed by atoms with Gasteiger partial charge in [-0.05, 0) is 25.0 Å². The Bertz CT molecular complexity index is 552. The third-order valence-electron chi connectivity index (χ3n) is 3.79. The molecule has 1 aliphatic rings. The van der Waals surface area contributed by atoms with E-state index in [1.165, 1.54) is 12.1 Å². The SMILES string of the molecule is O=C(O)c1c(Cl)ccc(Cl)c1NC(=O)C1CCCCCC1. The van der Waals surface area contributed by atoms with E-state index in [2.05, 4.69) is 5.32 Å². The Morgan fingerprint density at radius 2 is 1.62 bits per heavy atom. The fraction of sp³-hybridized carbons (Fsp3) is 0.467. The molecule has 1 saturated carbocycles. The summed E-state index contributed by atoms with van der Waals surface area (Å²) in [5, 5.41) is 12.1. The molecule has 1 amide bonds. The highest BCUT2D eigenvalue weighted by Crippen LogP contribution is 2.33. The number of carboxylic acid groups (broad SMARTS) is 1. The van der Waals surface area contributed by atoms with Crippen molar-refractivity contribution in [3.8, 4) is 0 Å². The number of amides is 1. The Balaban J connectivity index is 2.24. The zero-order chi connectivity index (χ0) is 15.4. The number of carboxylic acids is 1. The molecule has 0 aliphatic heterocycles. The van der Waals surface area contributed by atoms with Crippen molar-refractivity contribution < 1.29 is 14.7 Å². The van der Waals surface area contributed by atoms with E-state index < -0.39 is 5.97 Å². The van der Waals surface area contributed by atoms with Crippen LogP contribution in [0.15, 0.2) is 12.1 Å². The largest absolute Gasteiger partial charge is 0.478 e. The van der Waals surface area contributed by atoms with E-state index in [0.717, 1.165) is 38.5 Å². The molecule has 1 fully saturated rings. The molecular weight excluding hydrogens is 313 g/mol. The minimum atomic E-state index is -1.21. The molecule has 21 heavy (non-hydrogen) atoms. The predicted octanol–water partition coefficient (Wildman–Crippen LogP) is 4.60. The van der Waals surface area contributed by atoms with Crippen LogP contribution in [0.25, 0.3) is 0 Å². The number of nitrogens with one attached hydrogen (secondary N) is 1. The number of anilines is 1. The molecular formula is C15H17Cl2NO3. The molecule has 0 saturated heterocycles. The minimum Gasteiger partial charge on any atom is -0.478 e. The molecule has 0 heterocycles. The number of halogens is 2. The van der Waals surface area contributed by atoms with Crippen LogP contribution in [0.2, 0.25) is 10.0 Å². The Labute approximate surface area is 133 Å². The molecule has 0 atom stereocenters. The lowest BCUT2D eigenvalue weighted by Crippen LogP contribution is -2.24. The quantitative estimate of drug-likeness (QED) is 0.796. The topological polar surface area (TPSA) is 66.4 Å². The van der Waals surface area contributed by atoms with Gasteiger partial charge in [0.2, 0.25) is 5.91 Å². The van der Waals surface area contributed by atoms with Crippen LogP contribution in [-0.2, 0) is 4.79 Å². The van der Waals surface area contributed by atoms with Crippen LogP contribution in [0.1, 0.15) is 48.9 Å². The van der Waals surface area contributed by atoms with Gasteiger partial charge in [-0.15, -0.1) is 0 Å². The summed E-state index contributed by atoms with van der Waals surface area (Å²) < 4.78 is 0. The highest BCUT2D eigenvalue weighted by atomic mass is 35.5. The van der Waals surface area contributed by atoms with E-state index in [-0.39, 0.29) is 33.1 Å². The van der Waals surface area contributed by atoms with E-state index in [1.54, 1.807) is 0 Å². The fourth-order valence-electron chi connectivity index (χ4n) is 2.65. The van der Waals surface area contributed by atoms with Gasteiger partial charge in [-0.25, -0.2) is 4.79 Å². The molecule has 1 aromatic carbocycles. The van der Waals surface area contributed by atoms with Gasteiger partial charge in [-0.3, -0.25) is 4.79 Å². The summed E-state index contributed by atoms with van der Waals surface area (Å²) in [5.41, 5.74) is -0.0722. The van der Waals surface area contributed by atoms with Crippen molar-refractivity contribution in [2.24, 2.45) is 5.92 Å². The Kier molecular flexibility index (Phi) is 5.48. The molecule has 0 radical (unpaired) electrons. The molecule has 114 valence electrons. The van der Waals surface area contributed by atoms with Gasteiger partial charge in [0.1, 0.15) is 5.56 Å². The summed E-state index contributed by atoms with van der Waals surface area (Å²) in [7, 11) is 0. The molecule has 2 rings (SSSR count). The number of aromatic carboxylic acids is 1. The van der Waals surface area contributed by atoms with Crippen molar-refractivity contribution in [1.82, 2.24) is 0 Å². The van der Waals surface area contributed by atoms with Crippen molar-refractivity contribution in [1.29, 1.82) is 0 Å². The molecule has 2 N–H and O–H groups in total. The van der Waals surface area contributed by atoms with E-state index in [1.807, 2.05) is 0 Å². The van der Waals surface area contributed by atoms with Gasteiger partial charge >= 0.3 is 5.97 Å². The maximum absolute atomic E-state index is 12.4. The van der Waals surface area contributed by atoms with Crippen LogP contribution < -0.4 is 5.32 Å². The van der Waals surface area contributed by atoms with Gasteiger partial charge in [0.15, 0.2) is 0 Å². The van der Waals surface area contributed by atoms with Gasteiger partial charge in [-0.2, -0.15) is 0 Å².